The fourth-order valence-electron chi connectivity index (χ4n) is 3.41. The van der Waals surface area contributed by atoms with E-state index in [2.05, 4.69) is 15.9 Å². The van der Waals surface area contributed by atoms with Crippen molar-refractivity contribution in [1.82, 2.24) is 0 Å². The van der Waals surface area contributed by atoms with Gasteiger partial charge in [-0.3, -0.25) is 0 Å². The van der Waals surface area contributed by atoms with Gasteiger partial charge in [-0.2, -0.15) is 0 Å². The third-order valence-corrected chi connectivity index (χ3v) is 5.05. The molecule has 0 fully saturated rings. The highest BCUT2D eigenvalue weighted by molar-refractivity contribution is 9.10. The summed E-state index contributed by atoms with van der Waals surface area (Å²) >= 11 is 3.49. The predicted octanol–water partition coefficient (Wildman–Crippen LogP) is 5.16. The Labute approximate surface area is 142 Å². The van der Waals surface area contributed by atoms with Crippen molar-refractivity contribution in [3.8, 4) is 11.1 Å². The van der Waals surface area contributed by atoms with Crippen LogP contribution < -0.4 is 0 Å². The van der Waals surface area contributed by atoms with Crippen LogP contribution in [0.5, 0.6) is 0 Å². The Morgan fingerprint density at radius 1 is 0.913 bits per heavy atom. The van der Waals surface area contributed by atoms with E-state index in [4.69, 9.17) is 0 Å². The second kappa shape index (κ2) is 5.02. The molecular formula is C20H14BrFO. The van der Waals surface area contributed by atoms with Gasteiger partial charge >= 0.3 is 0 Å². The normalized spacial score (nSPS) is 18.6. The first-order valence-electron chi connectivity index (χ1n) is 7.40. The zero-order valence-corrected chi connectivity index (χ0v) is 14.1. The molecule has 0 aliphatic heterocycles. The summed E-state index contributed by atoms with van der Waals surface area (Å²) in [5.74, 6) is -0.266. The molecular weight excluding hydrogens is 355 g/mol. The van der Waals surface area contributed by atoms with E-state index >= 15 is 0 Å². The Morgan fingerprint density at radius 3 is 2.43 bits per heavy atom. The molecule has 0 saturated carbocycles. The number of fused-ring (bicyclic) bond motifs is 3. The molecule has 3 aromatic rings. The van der Waals surface area contributed by atoms with Crippen molar-refractivity contribution in [3.05, 3.63) is 93.2 Å². The van der Waals surface area contributed by atoms with Crippen molar-refractivity contribution in [2.75, 3.05) is 0 Å². The summed E-state index contributed by atoms with van der Waals surface area (Å²) in [4.78, 5) is 0. The van der Waals surface area contributed by atoms with E-state index in [9.17, 15) is 9.50 Å². The number of aryl methyl sites for hydroxylation is 1. The minimum atomic E-state index is -1.27. The molecule has 1 aliphatic carbocycles. The average molecular weight is 369 g/mol. The minimum absolute atomic E-state index is 0.266. The zero-order chi connectivity index (χ0) is 16.2. The Balaban J connectivity index is 2.07. The van der Waals surface area contributed by atoms with E-state index in [0.29, 0.717) is 11.1 Å². The summed E-state index contributed by atoms with van der Waals surface area (Å²) in [6.45, 7) is 1.71. The predicted molar refractivity (Wildman–Crippen MR) is 92.8 cm³/mol. The largest absolute Gasteiger partial charge is 0.376 e. The monoisotopic (exact) mass is 368 g/mol. The molecule has 0 aromatic heterocycles. The first kappa shape index (κ1) is 14.6. The van der Waals surface area contributed by atoms with Gasteiger partial charge in [0.1, 0.15) is 11.4 Å². The average Bonchev–Trinajstić information content (AvgIpc) is 2.81. The van der Waals surface area contributed by atoms with E-state index in [0.717, 1.165) is 26.7 Å². The summed E-state index contributed by atoms with van der Waals surface area (Å²) in [6, 6.07) is 18.5. The minimum Gasteiger partial charge on any atom is -0.376 e. The van der Waals surface area contributed by atoms with E-state index < -0.39 is 5.60 Å². The van der Waals surface area contributed by atoms with Crippen LogP contribution in [0.3, 0.4) is 0 Å². The molecule has 1 nitrogen and oxygen atoms in total. The van der Waals surface area contributed by atoms with Crippen LogP contribution in [0.4, 0.5) is 4.39 Å². The highest BCUT2D eigenvalue weighted by Gasteiger charge is 2.43. The molecule has 4 rings (SSSR count). The highest BCUT2D eigenvalue weighted by Crippen LogP contribution is 2.51. The van der Waals surface area contributed by atoms with Crippen molar-refractivity contribution in [2.45, 2.75) is 12.5 Å². The molecule has 1 atom stereocenters. The zero-order valence-electron chi connectivity index (χ0n) is 12.5. The van der Waals surface area contributed by atoms with Gasteiger partial charge in [0, 0.05) is 15.6 Å². The molecule has 0 spiro atoms. The van der Waals surface area contributed by atoms with Gasteiger partial charge in [0.15, 0.2) is 0 Å². The van der Waals surface area contributed by atoms with Crippen molar-refractivity contribution < 1.29 is 9.50 Å². The van der Waals surface area contributed by atoms with Crippen LogP contribution in [0.2, 0.25) is 0 Å². The maximum atomic E-state index is 13.7. The lowest BCUT2D eigenvalue weighted by Gasteiger charge is -2.27. The van der Waals surface area contributed by atoms with Crippen LogP contribution in [0.1, 0.15) is 22.3 Å². The van der Waals surface area contributed by atoms with Crippen molar-refractivity contribution in [2.24, 2.45) is 0 Å². The maximum absolute atomic E-state index is 13.7. The van der Waals surface area contributed by atoms with Gasteiger partial charge in [-0.15, -0.1) is 0 Å². The molecule has 1 aliphatic rings. The summed E-state index contributed by atoms with van der Waals surface area (Å²) < 4.78 is 14.6. The Hall–Kier alpha value is -1.97. The number of hydrogen-bond acceptors (Lipinski definition) is 1. The lowest BCUT2D eigenvalue weighted by molar-refractivity contribution is 0.130. The van der Waals surface area contributed by atoms with Crippen LogP contribution in [-0.2, 0) is 5.60 Å². The lowest BCUT2D eigenvalue weighted by Crippen LogP contribution is -2.26. The summed E-state index contributed by atoms with van der Waals surface area (Å²) in [5.41, 5.74) is 3.61. The smallest absolute Gasteiger partial charge is 0.141 e. The number of benzene rings is 3. The molecule has 3 heteroatoms. The van der Waals surface area contributed by atoms with Crippen LogP contribution in [-0.4, -0.2) is 5.11 Å². The Bertz CT molecular complexity index is 935. The van der Waals surface area contributed by atoms with Gasteiger partial charge in [0.25, 0.3) is 0 Å². The highest BCUT2D eigenvalue weighted by atomic mass is 79.9. The molecule has 0 bridgehead atoms. The van der Waals surface area contributed by atoms with Crippen LogP contribution in [0.15, 0.2) is 65.1 Å². The quantitative estimate of drug-likeness (QED) is 0.628. The van der Waals surface area contributed by atoms with Gasteiger partial charge in [0.05, 0.1) is 0 Å². The molecule has 3 aromatic carbocycles. The molecule has 1 N–H and O–H groups in total. The van der Waals surface area contributed by atoms with Gasteiger partial charge < -0.3 is 5.11 Å². The number of halogens is 2. The van der Waals surface area contributed by atoms with E-state index in [-0.39, 0.29) is 5.82 Å². The van der Waals surface area contributed by atoms with Crippen molar-refractivity contribution in [1.29, 1.82) is 0 Å². The summed E-state index contributed by atoms with van der Waals surface area (Å²) in [7, 11) is 0. The number of aliphatic hydroxyl groups is 1. The van der Waals surface area contributed by atoms with Crippen LogP contribution in [0.25, 0.3) is 11.1 Å². The molecule has 0 heterocycles. The van der Waals surface area contributed by atoms with Gasteiger partial charge in [0.2, 0.25) is 0 Å². The van der Waals surface area contributed by atoms with Gasteiger partial charge in [-0.25, -0.2) is 4.39 Å². The second-order valence-electron chi connectivity index (χ2n) is 5.91. The Morgan fingerprint density at radius 2 is 1.65 bits per heavy atom. The Kier molecular flexibility index (Phi) is 3.19. The lowest BCUT2D eigenvalue weighted by atomic mass is 9.84. The third kappa shape index (κ3) is 2.00. The van der Waals surface area contributed by atoms with Gasteiger partial charge in [-0.05, 0) is 53.4 Å². The van der Waals surface area contributed by atoms with Crippen LogP contribution in [0, 0.1) is 12.7 Å². The first-order chi connectivity index (χ1) is 11.0. The fraction of sp³-hybridized carbons (Fsp3) is 0.100. The van der Waals surface area contributed by atoms with Crippen LogP contribution >= 0.6 is 15.9 Å². The topological polar surface area (TPSA) is 20.2 Å². The van der Waals surface area contributed by atoms with E-state index in [1.807, 2.05) is 42.5 Å². The van der Waals surface area contributed by atoms with Crippen molar-refractivity contribution in [3.63, 3.8) is 0 Å². The molecule has 0 radical (unpaired) electrons. The molecule has 23 heavy (non-hydrogen) atoms. The maximum Gasteiger partial charge on any atom is 0.141 e. The SMILES string of the molecule is Cc1cc(C2(O)c3ccccc3-c3ccc(Br)cc32)ccc1F. The second-order valence-corrected chi connectivity index (χ2v) is 6.83. The number of hydrogen-bond donors (Lipinski definition) is 1. The summed E-state index contributed by atoms with van der Waals surface area (Å²) in [5, 5.41) is 11.7. The van der Waals surface area contributed by atoms with E-state index in [1.54, 1.807) is 19.1 Å². The molecule has 0 amide bonds. The molecule has 114 valence electrons. The number of rotatable bonds is 1. The molecule has 0 saturated heterocycles. The van der Waals surface area contributed by atoms with E-state index in [1.165, 1.54) is 6.07 Å². The van der Waals surface area contributed by atoms with Crippen molar-refractivity contribution >= 4 is 15.9 Å². The first-order valence-corrected chi connectivity index (χ1v) is 8.20. The standard InChI is InChI=1S/C20H14BrFO/c1-12-10-13(6-9-19(12)22)20(23)17-5-3-2-4-15(17)16-8-7-14(21)11-18(16)20/h2-11,23H,1H3. The molecule has 1 unspecified atom stereocenters. The summed E-state index contributed by atoms with van der Waals surface area (Å²) in [6.07, 6.45) is 0. The van der Waals surface area contributed by atoms with Gasteiger partial charge in [-0.1, -0.05) is 52.3 Å². The fourth-order valence-corrected chi connectivity index (χ4v) is 3.77. The third-order valence-electron chi connectivity index (χ3n) is 4.55.